The predicted molar refractivity (Wildman–Crippen MR) is 64.9 cm³/mol. The molecule has 0 atom stereocenters. The van der Waals surface area contributed by atoms with Gasteiger partial charge in [0.05, 0.1) is 6.54 Å². The second kappa shape index (κ2) is 6.49. The van der Waals surface area contributed by atoms with Crippen molar-refractivity contribution in [1.29, 1.82) is 0 Å². The summed E-state index contributed by atoms with van der Waals surface area (Å²) in [6.45, 7) is 4.93. The molecule has 0 unspecified atom stereocenters. The zero-order valence-corrected chi connectivity index (χ0v) is 10.4. The Bertz CT molecular complexity index is 312. The average molecular weight is 261 g/mol. The van der Waals surface area contributed by atoms with Crippen LogP contribution in [0, 0.1) is 5.92 Å². The lowest BCUT2D eigenvalue weighted by Gasteiger charge is -2.31. The Balaban J connectivity index is 2.28. The Hall–Kier alpha value is -1.23. The van der Waals surface area contributed by atoms with Crippen LogP contribution in [0.25, 0.3) is 0 Å². The van der Waals surface area contributed by atoms with Gasteiger partial charge in [-0.15, -0.1) is 0 Å². The topological polar surface area (TPSA) is 69.6 Å². The van der Waals surface area contributed by atoms with Crippen LogP contribution >= 0.6 is 11.6 Å². The monoisotopic (exact) mass is 260 g/mol. The zero-order chi connectivity index (χ0) is 12.8. The van der Waals surface area contributed by atoms with Crippen molar-refractivity contribution in [2.45, 2.75) is 19.3 Å². The molecule has 0 aromatic carbocycles. The minimum Gasteiger partial charge on any atom is -0.481 e. The average Bonchev–Trinajstić information content (AvgIpc) is 2.26. The van der Waals surface area contributed by atoms with Gasteiger partial charge in [0.2, 0.25) is 0 Å². The van der Waals surface area contributed by atoms with Crippen molar-refractivity contribution in [3.8, 4) is 0 Å². The Kier molecular flexibility index (Phi) is 5.28. The van der Waals surface area contributed by atoms with Gasteiger partial charge >= 0.3 is 12.0 Å². The first-order valence-corrected chi connectivity index (χ1v) is 5.94. The van der Waals surface area contributed by atoms with Crippen LogP contribution in [-0.2, 0) is 4.79 Å². The number of urea groups is 1. The summed E-state index contributed by atoms with van der Waals surface area (Å²) < 4.78 is 0. The number of rotatable bonds is 4. The van der Waals surface area contributed by atoms with Crippen LogP contribution in [0.3, 0.4) is 0 Å². The summed E-state index contributed by atoms with van der Waals surface area (Å²) in [6, 6.07) is -0.166. The third-order valence-corrected chi connectivity index (χ3v) is 2.93. The second-order valence-electron chi connectivity index (χ2n) is 4.20. The van der Waals surface area contributed by atoms with E-state index >= 15 is 0 Å². The van der Waals surface area contributed by atoms with Gasteiger partial charge in [-0.05, 0) is 18.8 Å². The smallest absolute Gasteiger partial charge is 0.317 e. The van der Waals surface area contributed by atoms with E-state index in [0.717, 1.165) is 12.8 Å². The zero-order valence-electron chi connectivity index (χ0n) is 9.62. The fourth-order valence-corrected chi connectivity index (χ4v) is 1.94. The SMILES string of the molecule is C=C(Cl)CNC(=O)N1CCC(CC(=O)O)CC1. The number of carbonyl (C=O) groups excluding carboxylic acids is 1. The molecule has 1 heterocycles. The van der Waals surface area contributed by atoms with Gasteiger partial charge in [0.1, 0.15) is 0 Å². The molecule has 5 nitrogen and oxygen atoms in total. The summed E-state index contributed by atoms with van der Waals surface area (Å²) in [5.41, 5.74) is 0. The molecular formula is C11H17ClN2O3. The fourth-order valence-electron chi connectivity index (χ4n) is 1.87. The fraction of sp³-hybridized carbons (Fsp3) is 0.636. The molecule has 0 saturated carbocycles. The minimum atomic E-state index is -0.772. The highest BCUT2D eigenvalue weighted by Crippen LogP contribution is 2.20. The van der Waals surface area contributed by atoms with Gasteiger partial charge in [0, 0.05) is 24.5 Å². The third kappa shape index (κ3) is 5.08. The van der Waals surface area contributed by atoms with E-state index in [4.69, 9.17) is 16.7 Å². The molecule has 1 saturated heterocycles. The third-order valence-electron chi connectivity index (χ3n) is 2.80. The van der Waals surface area contributed by atoms with Crippen LogP contribution in [-0.4, -0.2) is 41.6 Å². The number of likely N-dealkylation sites (tertiary alicyclic amines) is 1. The minimum absolute atomic E-state index is 0.166. The van der Waals surface area contributed by atoms with E-state index in [1.54, 1.807) is 4.90 Å². The van der Waals surface area contributed by atoms with Gasteiger partial charge in [0.25, 0.3) is 0 Å². The second-order valence-corrected chi connectivity index (χ2v) is 4.74. The van der Waals surface area contributed by atoms with Gasteiger partial charge < -0.3 is 15.3 Å². The molecular weight excluding hydrogens is 244 g/mol. The molecule has 1 rings (SSSR count). The van der Waals surface area contributed by atoms with Gasteiger partial charge in [-0.3, -0.25) is 4.79 Å². The largest absolute Gasteiger partial charge is 0.481 e. The maximum absolute atomic E-state index is 11.6. The first kappa shape index (κ1) is 13.8. The predicted octanol–water partition coefficient (Wildman–Crippen LogP) is 1.64. The van der Waals surface area contributed by atoms with Crippen molar-refractivity contribution in [2.75, 3.05) is 19.6 Å². The Labute approximate surface area is 105 Å². The summed E-state index contributed by atoms with van der Waals surface area (Å²) >= 11 is 5.55. The maximum Gasteiger partial charge on any atom is 0.317 e. The highest BCUT2D eigenvalue weighted by atomic mass is 35.5. The summed E-state index contributed by atoms with van der Waals surface area (Å²) in [5, 5.41) is 11.7. The van der Waals surface area contributed by atoms with Crippen LogP contribution in [0.2, 0.25) is 0 Å². The van der Waals surface area contributed by atoms with Crippen molar-refractivity contribution >= 4 is 23.6 Å². The molecule has 0 aliphatic carbocycles. The summed E-state index contributed by atoms with van der Waals surface area (Å²) in [6.07, 6.45) is 1.66. The van der Waals surface area contributed by atoms with Crippen molar-refractivity contribution in [3.05, 3.63) is 11.6 Å². The summed E-state index contributed by atoms with van der Waals surface area (Å²) in [4.78, 5) is 23.9. The number of carboxylic acid groups (broad SMARTS) is 1. The van der Waals surface area contributed by atoms with E-state index in [1.165, 1.54) is 0 Å². The lowest BCUT2D eigenvalue weighted by atomic mass is 9.94. The number of amides is 2. The molecule has 2 amide bonds. The number of nitrogens with zero attached hydrogens (tertiary/aromatic N) is 1. The van der Waals surface area contributed by atoms with E-state index in [-0.39, 0.29) is 24.9 Å². The van der Waals surface area contributed by atoms with Gasteiger partial charge in [-0.2, -0.15) is 0 Å². The van der Waals surface area contributed by atoms with E-state index < -0.39 is 5.97 Å². The van der Waals surface area contributed by atoms with E-state index in [1.807, 2.05) is 0 Å². The molecule has 1 aliphatic rings. The highest BCUT2D eigenvalue weighted by molar-refractivity contribution is 6.29. The van der Waals surface area contributed by atoms with Gasteiger partial charge in [0.15, 0.2) is 0 Å². The summed E-state index contributed by atoms with van der Waals surface area (Å²) in [7, 11) is 0. The summed E-state index contributed by atoms with van der Waals surface area (Å²) in [5.74, 6) is -0.592. The molecule has 2 N–H and O–H groups in total. The first-order valence-electron chi connectivity index (χ1n) is 5.57. The Morgan fingerprint density at radius 1 is 1.41 bits per heavy atom. The number of nitrogens with one attached hydrogen (secondary N) is 1. The highest BCUT2D eigenvalue weighted by Gasteiger charge is 2.23. The normalized spacial score (nSPS) is 16.6. The first-order chi connectivity index (χ1) is 7.99. The number of aliphatic carboxylic acids is 1. The van der Waals surface area contributed by atoms with Crippen LogP contribution in [0.15, 0.2) is 11.6 Å². The number of hydrogen-bond donors (Lipinski definition) is 2. The molecule has 96 valence electrons. The number of piperidine rings is 1. The van der Waals surface area contributed by atoms with E-state index in [0.29, 0.717) is 18.1 Å². The molecule has 1 fully saturated rings. The van der Waals surface area contributed by atoms with Gasteiger partial charge in [-0.1, -0.05) is 18.2 Å². The lowest BCUT2D eigenvalue weighted by molar-refractivity contribution is -0.138. The van der Waals surface area contributed by atoms with Crippen molar-refractivity contribution in [2.24, 2.45) is 5.92 Å². The molecule has 0 aromatic heterocycles. The van der Waals surface area contributed by atoms with Crippen LogP contribution in [0.5, 0.6) is 0 Å². The maximum atomic E-state index is 11.6. The number of carbonyl (C=O) groups is 2. The van der Waals surface area contributed by atoms with Crippen molar-refractivity contribution in [3.63, 3.8) is 0 Å². The molecule has 0 spiro atoms. The molecule has 1 aliphatic heterocycles. The molecule has 0 radical (unpaired) electrons. The molecule has 0 bridgehead atoms. The molecule has 6 heteroatoms. The van der Waals surface area contributed by atoms with Gasteiger partial charge in [-0.25, -0.2) is 4.79 Å². The standard InChI is InChI=1S/C11H17ClN2O3/c1-8(12)7-13-11(17)14-4-2-9(3-5-14)6-10(15)16/h9H,1-7H2,(H,13,17)(H,15,16). The van der Waals surface area contributed by atoms with Crippen molar-refractivity contribution in [1.82, 2.24) is 10.2 Å². The Morgan fingerprint density at radius 3 is 2.47 bits per heavy atom. The number of halogens is 1. The van der Waals surface area contributed by atoms with Crippen LogP contribution in [0.1, 0.15) is 19.3 Å². The number of hydrogen-bond acceptors (Lipinski definition) is 2. The molecule has 0 aromatic rings. The quantitative estimate of drug-likeness (QED) is 0.807. The number of carboxylic acids is 1. The Morgan fingerprint density at radius 2 is 2.00 bits per heavy atom. The van der Waals surface area contributed by atoms with Crippen LogP contribution in [0.4, 0.5) is 4.79 Å². The van der Waals surface area contributed by atoms with Crippen LogP contribution < -0.4 is 5.32 Å². The molecule has 17 heavy (non-hydrogen) atoms. The van der Waals surface area contributed by atoms with Crippen molar-refractivity contribution < 1.29 is 14.7 Å². The van der Waals surface area contributed by atoms with E-state index in [9.17, 15) is 9.59 Å². The van der Waals surface area contributed by atoms with E-state index in [2.05, 4.69) is 11.9 Å². The lowest BCUT2D eigenvalue weighted by Crippen LogP contribution is -2.44.